The van der Waals surface area contributed by atoms with Crippen molar-refractivity contribution >= 4 is 23.4 Å². The smallest absolute Gasteiger partial charge is 0.247 e. The molecule has 0 unspecified atom stereocenters. The van der Waals surface area contributed by atoms with Gasteiger partial charge in [-0.05, 0) is 24.6 Å². The van der Waals surface area contributed by atoms with Crippen molar-refractivity contribution in [3.63, 3.8) is 0 Å². The number of para-hydroxylation sites is 1. The minimum atomic E-state index is -0.810. The molecule has 160 valence electrons. The summed E-state index contributed by atoms with van der Waals surface area (Å²) in [6.07, 6.45) is 2.55. The van der Waals surface area contributed by atoms with Crippen molar-refractivity contribution in [3.8, 4) is 17.1 Å². The molecule has 2 heterocycles. The van der Waals surface area contributed by atoms with Crippen LogP contribution in [0.1, 0.15) is 44.9 Å². The Labute approximate surface area is 184 Å². The number of anilines is 1. The van der Waals surface area contributed by atoms with E-state index in [4.69, 9.17) is 4.74 Å². The fourth-order valence-electron chi connectivity index (χ4n) is 3.47. The van der Waals surface area contributed by atoms with E-state index in [9.17, 15) is 9.18 Å². The third-order valence-corrected chi connectivity index (χ3v) is 5.91. The molecule has 0 saturated heterocycles. The van der Waals surface area contributed by atoms with Gasteiger partial charge in [0.1, 0.15) is 5.82 Å². The molecule has 0 aliphatic carbocycles. The number of hydrogen-bond acceptors (Lipinski definition) is 6. The van der Waals surface area contributed by atoms with E-state index < -0.39 is 6.23 Å². The Balaban J connectivity index is 1.79. The van der Waals surface area contributed by atoms with Crippen molar-refractivity contribution in [1.82, 2.24) is 15.2 Å². The van der Waals surface area contributed by atoms with Gasteiger partial charge in [0.25, 0.3) is 0 Å². The molecule has 3 aromatic rings. The predicted molar refractivity (Wildman–Crippen MR) is 118 cm³/mol. The van der Waals surface area contributed by atoms with E-state index in [0.29, 0.717) is 33.5 Å². The lowest BCUT2D eigenvalue weighted by Gasteiger charge is -2.29. The van der Waals surface area contributed by atoms with E-state index in [0.717, 1.165) is 25.0 Å². The van der Waals surface area contributed by atoms with Crippen molar-refractivity contribution in [3.05, 3.63) is 59.9 Å². The summed E-state index contributed by atoms with van der Waals surface area (Å²) in [6, 6.07) is 13.3. The topological polar surface area (TPSA) is 68.2 Å². The van der Waals surface area contributed by atoms with Crippen LogP contribution in [-0.2, 0) is 4.79 Å². The molecule has 0 radical (unpaired) electrons. The molecule has 0 saturated carbocycles. The van der Waals surface area contributed by atoms with Gasteiger partial charge in [-0.25, -0.2) is 4.39 Å². The summed E-state index contributed by atoms with van der Waals surface area (Å²) in [5.41, 5.74) is 2.46. The lowest BCUT2D eigenvalue weighted by molar-refractivity contribution is -0.118. The first-order chi connectivity index (χ1) is 15.1. The first-order valence-electron chi connectivity index (χ1n) is 10.3. The van der Waals surface area contributed by atoms with Gasteiger partial charge in [0.05, 0.1) is 5.69 Å². The molecule has 1 aliphatic rings. The number of ether oxygens (including phenoxy) is 1. The van der Waals surface area contributed by atoms with Crippen LogP contribution in [0.3, 0.4) is 0 Å². The molecular formula is C23H23FN4O2S. The number of nitrogens with zero attached hydrogens (tertiary/aromatic N) is 4. The van der Waals surface area contributed by atoms with E-state index in [2.05, 4.69) is 22.1 Å². The van der Waals surface area contributed by atoms with Crippen molar-refractivity contribution in [2.45, 2.75) is 44.5 Å². The molecule has 4 rings (SSSR count). The van der Waals surface area contributed by atoms with Crippen LogP contribution < -0.4 is 9.64 Å². The number of amides is 1. The van der Waals surface area contributed by atoms with Crippen LogP contribution in [-0.4, -0.2) is 26.8 Å². The maximum atomic E-state index is 13.5. The minimum absolute atomic E-state index is 0.211. The lowest BCUT2D eigenvalue weighted by atomic mass is 10.1. The number of halogens is 1. The summed E-state index contributed by atoms with van der Waals surface area (Å²) in [6.45, 7) is 3.63. The highest BCUT2D eigenvalue weighted by Crippen LogP contribution is 2.43. The molecule has 1 aromatic heterocycles. The molecule has 31 heavy (non-hydrogen) atoms. The highest BCUT2D eigenvalue weighted by Gasteiger charge is 2.34. The van der Waals surface area contributed by atoms with Crippen LogP contribution in [0.4, 0.5) is 10.1 Å². The lowest BCUT2D eigenvalue weighted by Crippen LogP contribution is -2.36. The van der Waals surface area contributed by atoms with Gasteiger partial charge in [0.15, 0.2) is 5.69 Å². The van der Waals surface area contributed by atoms with Crippen molar-refractivity contribution in [2.24, 2.45) is 0 Å². The second-order valence-electron chi connectivity index (χ2n) is 7.23. The number of rotatable bonds is 6. The Kier molecular flexibility index (Phi) is 6.46. The first kappa shape index (κ1) is 21.2. The molecule has 8 heteroatoms. The predicted octanol–water partition coefficient (Wildman–Crippen LogP) is 5.40. The number of aromatic nitrogens is 3. The Morgan fingerprint density at radius 1 is 1.13 bits per heavy atom. The molecule has 0 spiro atoms. The number of unbranched alkanes of at least 4 members (excludes halogenated alkanes) is 2. The van der Waals surface area contributed by atoms with E-state index in [1.807, 2.05) is 24.3 Å². The third kappa shape index (κ3) is 4.54. The van der Waals surface area contributed by atoms with Crippen LogP contribution in [0.25, 0.3) is 11.3 Å². The van der Waals surface area contributed by atoms with Crippen molar-refractivity contribution < 1.29 is 13.9 Å². The van der Waals surface area contributed by atoms with Gasteiger partial charge in [-0.1, -0.05) is 61.9 Å². The second kappa shape index (κ2) is 9.43. The van der Waals surface area contributed by atoms with Gasteiger partial charge in [0.2, 0.25) is 23.2 Å². The zero-order chi connectivity index (χ0) is 21.8. The first-order valence-corrected chi connectivity index (χ1v) is 11.3. The van der Waals surface area contributed by atoms with Gasteiger partial charge in [-0.2, -0.15) is 4.98 Å². The second-order valence-corrected chi connectivity index (χ2v) is 8.29. The largest absolute Gasteiger partial charge is 0.447 e. The monoisotopic (exact) mass is 438 g/mol. The Morgan fingerprint density at radius 3 is 2.65 bits per heavy atom. The van der Waals surface area contributed by atoms with Crippen LogP contribution in [0.2, 0.25) is 0 Å². The molecular weight excluding hydrogens is 415 g/mol. The average molecular weight is 439 g/mol. The number of thioether (sulfide) groups is 1. The Bertz CT molecular complexity index is 1080. The zero-order valence-corrected chi connectivity index (χ0v) is 18.2. The van der Waals surface area contributed by atoms with Crippen LogP contribution in [0.5, 0.6) is 5.88 Å². The van der Waals surface area contributed by atoms with Gasteiger partial charge in [-0.3, -0.25) is 9.69 Å². The quantitative estimate of drug-likeness (QED) is 0.379. The number of benzene rings is 2. The summed E-state index contributed by atoms with van der Waals surface area (Å²) < 4.78 is 19.8. The maximum Gasteiger partial charge on any atom is 0.247 e. The molecule has 1 amide bonds. The minimum Gasteiger partial charge on any atom is -0.447 e. The van der Waals surface area contributed by atoms with E-state index >= 15 is 0 Å². The standard InChI is InChI=1S/C23H23FN4O2S/c1-3-4-7-14-31-23-25-21-20(26-27-23)18-8-5-6-9-19(18)28(15(2)29)22(30-21)16-10-12-17(24)13-11-16/h5-6,8-13,22H,3-4,7,14H2,1-2H3/t22-/m1/s1. The number of hydrogen-bond donors (Lipinski definition) is 0. The Morgan fingerprint density at radius 2 is 1.90 bits per heavy atom. The molecule has 0 N–H and O–H groups in total. The maximum absolute atomic E-state index is 13.5. The SMILES string of the molecule is CCCCCSc1nnc2c(n1)O[C@H](c1ccc(F)cc1)N(C(C)=O)c1ccccc1-2. The molecule has 0 fully saturated rings. The summed E-state index contributed by atoms with van der Waals surface area (Å²) in [5, 5.41) is 9.21. The number of carbonyl (C=O) groups is 1. The van der Waals surface area contributed by atoms with Crippen LogP contribution in [0.15, 0.2) is 53.7 Å². The van der Waals surface area contributed by atoms with Gasteiger partial charge < -0.3 is 4.74 Å². The highest BCUT2D eigenvalue weighted by molar-refractivity contribution is 7.99. The number of fused-ring (bicyclic) bond motifs is 3. The zero-order valence-electron chi connectivity index (χ0n) is 17.4. The van der Waals surface area contributed by atoms with E-state index in [1.54, 1.807) is 17.0 Å². The van der Waals surface area contributed by atoms with Gasteiger partial charge in [0, 0.05) is 23.8 Å². The van der Waals surface area contributed by atoms with Crippen molar-refractivity contribution in [1.29, 1.82) is 0 Å². The molecule has 0 bridgehead atoms. The molecule has 2 aromatic carbocycles. The Hall–Kier alpha value is -3.00. The van der Waals surface area contributed by atoms with Crippen molar-refractivity contribution in [2.75, 3.05) is 10.7 Å². The van der Waals surface area contributed by atoms with E-state index in [1.165, 1.54) is 30.8 Å². The average Bonchev–Trinajstić information content (AvgIpc) is 2.91. The number of carbonyl (C=O) groups excluding carboxylic acids is 1. The van der Waals surface area contributed by atoms with Crippen LogP contribution >= 0.6 is 11.8 Å². The fraction of sp³-hybridized carbons (Fsp3) is 0.304. The highest BCUT2D eigenvalue weighted by atomic mass is 32.2. The summed E-state index contributed by atoms with van der Waals surface area (Å²) >= 11 is 1.53. The van der Waals surface area contributed by atoms with Gasteiger partial charge in [-0.15, -0.1) is 10.2 Å². The van der Waals surface area contributed by atoms with Gasteiger partial charge >= 0.3 is 0 Å². The van der Waals surface area contributed by atoms with Crippen LogP contribution in [0, 0.1) is 5.82 Å². The van der Waals surface area contributed by atoms with E-state index in [-0.39, 0.29) is 11.7 Å². The molecule has 1 atom stereocenters. The summed E-state index contributed by atoms with van der Waals surface area (Å²) in [4.78, 5) is 18.9. The third-order valence-electron chi connectivity index (χ3n) is 4.99. The normalized spacial score (nSPS) is 14.9. The molecule has 1 aliphatic heterocycles. The fourth-order valence-corrected chi connectivity index (χ4v) is 4.25. The molecule has 6 nitrogen and oxygen atoms in total. The summed E-state index contributed by atoms with van der Waals surface area (Å²) in [5.74, 6) is 0.629. The summed E-state index contributed by atoms with van der Waals surface area (Å²) in [7, 11) is 0.